The summed E-state index contributed by atoms with van der Waals surface area (Å²) in [6, 6.07) is 16.5. The van der Waals surface area contributed by atoms with Gasteiger partial charge in [-0.15, -0.1) is 10.2 Å². The molecule has 3 rings (SSSR count). The van der Waals surface area contributed by atoms with Crippen LogP contribution in [0.3, 0.4) is 0 Å². The average Bonchev–Trinajstić information content (AvgIpc) is 3.01. The highest BCUT2D eigenvalue weighted by Gasteiger charge is 2.13. The van der Waals surface area contributed by atoms with Crippen molar-refractivity contribution < 1.29 is 4.42 Å². The van der Waals surface area contributed by atoms with Crippen molar-refractivity contribution in [1.82, 2.24) is 10.2 Å². The monoisotopic (exact) mass is 307 g/mol. The number of hydrogen-bond donors (Lipinski definition) is 0. The zero-order chi connectivity index (χ0) is 16.2. The van der Waals surface area contributed by atoms with Gasteiger partial charge in [0.1, 0.15) is 0 Å². The van der Waals surface area contributed by atoms with E-state index in [1.807, 2.05) is 31.2 Å². The smallest absolute Gasteiger partial charge is 0.248 e. The van der Waals surface area contributed by atoms with Gasteiger partial charge in [0.05, 0.1) is 6.54 Å². The van der Waals surface area contributed by atoms with Crippen molar-refractivity contribution in [3.05, 3.63) is 65.5 Å². The third kappa shape index (κ3) is 3.42. The molecule has 0 aliphatic heterocycles. The second-order valence-electron chi connectivity index (χ2n) is 5.67. The molecule has 0 unspecified atom stereocenters. The third-order valence-electron chi connectivity index (χ3n) is 3.92. The van der Waals surface area contributed by atoms with Crippen LogP contribution in [0.2, 0.25) is 0 Å². The number of anilines is 1. The minimum atomic E-state index is 0.582. The van der Waals surface area contributed by atoms with Crippen molar-refractivity contribution in [2.75, 3.05) is 11.4 Å². The summed E-state index contributed by atoms with van der Waals surface area (Å²) in [7, 11) is 0. The minimum Gasteiger partial charge on any atom is -0.419 e. The molecule has 0 amide bonds. The first kappa shape index (κ1) is 15.3. The van der Waals surface area contributed by atoms with E-state index >= 15 is 0 Å². The first-order valence-corrected chi connectivity index (χ1v) is 7.87. The Balaban J connectivity index is 1.82. The van der Waals surface area contributed by atoms with Gasteiger partial charge in [-0.25, -0.2) is 0 Å². The standard InChI is InChI=1S/C19H21N3O/c1-4-22(16-10-7-8-14(2)12-16)13-18-20-21-19(23-18)17-11-6-5-9-15(17)3/h5-12H,4,13H2,1-3H3. The molecule has 0 bridgehead atoms. The Bertz CT molecular complexity index is 795. The summed E-state index contributed by atoms with van der Waals surface area (Å²) in [5.41, 5.74) is 4.54. The third-order valence-corrected chi connectivity index (χ3v) is 3.92. The molecule has 4 nitrogen and oxygen atoms in total. The molecule has 0 atom stereocenters. The molecule has 0 spiro atoms. The van der Waals surface area contributed by atoms with E-state index in [0.717, 1.165) is 17.7 Å². The molecule has 1 heterocycles. The highest BCUT2D eigenvalue weighted by Crippen LogP contribution is 2.23. The summed E-state index contributed by atoms with van der Waals surface area (Å²) >= 11 is 0. The van der Waals surface area contributed by atoms with Crippen LogP contribution >= 0.6 is 0 Å². The molecule has 23 heavy (non-hydrogen) atoms. The topological polar surface area (TPSA) is 42.2 Å². The fourth-order valence-corrected chi connectivity index (χ4v) is 2.61. The van der Waals surface area contributed by atoms with Gasteiger partial charge in [-0.3, -0.25) is 0 Å². The van der Waals surface area contributed by atoms with Crippen molar-refractivity contribution in [3.8, 4) is 11.5 Å². The number of benzene rings is 2. The molecule has 4 heteroatoms. The molecule has 0 radical (unpaired) electrons. The van der Waals surface area contributed by atoms with Gasteiger partial charge in [-0.2, -0.15) is 0 Å². The average molecular weight is 307 g/mol. The summed E-state index contributed by atoms with van der Waals surface area (Å²) in [6.45, 7) is 7.76. The van der Waals surface area contributed by atoms with E-state index < -0.39 is 0 Å². The van der Waals surface area contributed by atoms with Gasteiger partial charge >= 0.3 is 0 Å². The van der Waals surface area contributed by atoms with Gasteiger partial charge < -0.3 is 9.32 Å². The lowest BCUT2D eigenvalue weighted by molar-refractivity contribution is 0.499. The molecule has 0 N–H and O–H groups in total. The van der Waals surface area contributed by atoms with Crippen molar-refractivity contribution in [2.45, 2.75) is 27.3 Å². The summed E-state index contributed by atoms with van der Waals surface area (Å²) in [4.78, 5) is 2.22. The van der Waals surface area contributed by atoms with Crippen LogP contribution in [0.25, 0.3) is 11.5 Å². The lowest BCUT2D eigenvalue weighted by atomic mass is 10.1. The molecule has 0 aliphatic carbocycles. The predicted octanol–water partition coefficient (Wildman–Crippen LogP) is 4.38. The molecule has 1 aromatic heterocycles. The summed E-state index contributed by atoms with van der Waals surface area (Å²) in [6.07, 6.45) is 0. The van der Waals surface area contributed by atoms with Gasteiger partial charge in [0.2, 0.25) is 11.8 Å². The van der Waals surface area contributed by atoms with Gasteiger partial charge in [0.25, 0.3) is 0 Å². The highest BCUT2D eigenvalue weighted by molar-refractivity contribution is 5.57. The fraction of sp³-hybridized carbons (Fsp3) is 0.263. The van der Waals surface area contributed by atoms with Gasteiger partial charge in [0.15, 0.2) is 0 Å². The Hall–Kier alpha value is -2.62. The molecule has 118 valence electrons. The summed E-state index contributed by atoms with van der Waals surface area (Å²) in [5, 5.41) is 8.41. The SMILES string of the molecule is CCN(Cc1nnc(-c2ccccc2C)o1)c1cccc(C)c1. The van der Waals surface area contributed by atoms with E-state index in [4.69, 9.17) is 4.42 Å². The fourth-order valence-electron chi connectivity index (χ4n) is 2.61. The number of nitrogens with zero attached hydrogens (tertiary/aromatic N) is 3. The molecule has 0 aliphatic rings. The molecule has 2 aromatic carbocycles. The van der Waals surface area contributed by atoms with E-state index in [0.29, 0.717) is 18.3 Å². The number of rotatable bonds is 5. The summed E-state index contributed by atoms with van der Waals surface area (Å²) in [5.74, 6) is 1.21. The Morgan fingerprint density at radius 1 is 1.00 bits per heavy atom. The Kier molecular flexibility index (Phi) is 4.42. The van der Waals surface area contributed by atoms with Crippen LogP contribution in [-0.2, 0) is 6.54 Å². The molecular weight excluding hydrogens is 286 g/mol. The Labute approximate surface area is 136 Å². The van der Waals surface area contributed by atoms with Gasteiger partial charge in [-0.05, 0) is 50.1 Å². The van der Waals surface area contributed by atoms with Crippen molar-refractivity contribution >= 4 is 5.69 Å². The van der Waals surface area contributed by atoms with Crippen LogP contribution in [-0.4, -0.2) is 16.7 Å². The first-order valence-electron chi connectivity index (χ1n) is 7.87. The Morgan fingerprint density at radius 2 is 1.83 bits per heavy atom. The van der Waals surface area contributed by atoms with Crippen molar-refractivity contribution in [2.24, 2.45) is 0 Å². The number of aromatic nitrogens is 2. The largest absolute Gasteiger partial charge is 0.419 e. The maximum Gasteiger partial charge on any atom is 0.248 e. The van der Waals surface area contributed by atoms with Crippen LogP contribution in [0.1, 0.15) is 23.9 Å². The molecule has 0 saturated carbocycles. The molecule has 3 aromatic rings. The summed E-state index contributed by atoms with van der Waals surface area (Å²) < 4.78 is 5.87. The normalized spacial score (nSPS) is 10.7. The number of aryl methyl sites for hydroxylation is 2. The molecular formula is C19H21N3O. The van der Waals surface area contributed by atoms with Crippen LogP contribution in [0.4, 0.5) is 5.69 Å². The number of hydrogen-bond acceptors (Lipinski definition) is 4. The van der Waals surface area contributed by atoms with E-state index in [2.05, 4.69) is 53.2 Å². The Morgan fingerprint density at radius 3 is 2.57 bits per heavy atom. The van der Waals surface area contributed by atoms with Crippen LogP contribution in [0.5, 0.6) is 0 Å². The van der Waals surface area contributed by atoms with Crippen LogP contribution in [0.15, 0.2) is 52.9 Å². The zero-order valence-corrected chi connectivity index (χ0v) is 13.8. The highest BCUT2D eigenvalue weighted by atomic mass is 16.4. The van der Waals surface area contributed by atoms with Gasteiger partial charge in [-0.1, -0.05) is 30.3 Å². The van der Waals surface area contributed by atoms with E-state index in [9.17, 15) is 0 Å². The van der Waals surface area contributed by atoms with Crippen molar-refractivity contribution in [1.29, 1.82) is 0 Å². The van der Waals surface area contributed by atoms with E-state index in [1.54, 1.807) is 0 Å². The molecule has 0 fully saturated rings. The quantitative estimate of drug-likeness (QED) is 0.701. The second kappa shape index (κ2) is 6.65. The molecule has 0 saturated heterocycles. The van der Waals surface area contributed by atoms with Crippen molar-refractivity contribution in [3.63, 3.8) is 0 Å². The maximum absolute atomic E-state index is 5.87. The first-order chi connectivity index (χ1) is 11.2. The lowest BCUT2D eigenvalue weighted by Crippen LogP contribution is -2.22. The zero-order valence-electron chi connectivity index (χ0n) is 13.8. The van der Waals surface area contributed by atoms with Crippen LogP contribution < -0.4 is 4.90 Å². The minimum absolute atomic E-state index is 0.582. The van der Waals surface area contributed by atoms with E-state index in [1.165, 1.54) is 11.3 Å². The van der Waals surface area contributed by atoms with Crippen LogP contribution in [0, 0.1) is 13.8 Å². The predicted molar refractivity (Wildman–Crippen MR) is 92.4 cm³/mol. The maximum atomic E-state index is 5.87. The van der Waals surface area contributed by atoms with Gasteiger partial charge in [0, 0.05) is 17.8 Å². The van der Waals surface area contributed by atoms with E-state index in [-0.39, 0.29) is 0 Å². The second-order valence-corrected chi connectivity index (χ2v) is 5.67. The lowest BCUT2D eigenvalue weighted by Gasteiger charge is -2.21.